The summed E-state index contributed by atoms with van der Waals surface area (Å²) in [6, 6.07) is 5.15. The third-order valence-corrected chi connectivity index (χ3v) is 4.18. The number of benzene rings is 1. The quantitative estimate of drug-likeness (QED) is 0.905. The molecule has 1 saturated heterocycles. The monoisotopic (exact) mass is 282 g/mol. The number of rotatable bonds is 2. The van der Waals surface area contributed by atoms with Crippen LogP contribution in [-0.2, 0) is 0 Å². The molecule has 1 fully saturated rings. The number of hydrogen-bond donors (Lipinski definition) is 1. The molecule has 4 nitrogen and oxygen atoms in total. The van der Waals surface area contributed by atoms with Gasteiger partial charge in [-0.05, 0) is 39.1 Å². The molecule has 1 N–H and O–H groups in total. The number of nitrogens with zero attached hydrogens (tertiary/aromatic N) is 2. The summed E-state index contributed by atoms with van der Waals surface area (Å²) >= 11 is 6.03. The van der Waals surface area contributed by atoms with E-state index in [1.54, 1.807) is 12.1 Å². The van der Waals surface area contributed by atoms with Gasteiger partial charge in [0.2, 0.25) is 0 Å². The van der Waals surface area contributed by atoms with Crippen LogP contribution < -0.4 is 4.90 Å². The third kappa shape index (κ3) is 2.85. The smallest absolute Gasteiger partial charge is 0.337 e. The van der Waals surface area contributed by atoms with E-state index in [0.29, 0.717) is 5.02 Å². The van der Waals surface area contributed by atoms with Crippen molar-refractivity contribution in [3.63, 3.8) is 0 Å². The van der Waals surface area contributed by atoms with Crippen molar-refractivity contribution in [2.75, 3.05) is 31.6 Å². The van der Waals surface area contributed by atoms with Crippen LogP contribution in [0.15, 0.2) is 18.2 Å². The number of likely N-dealkylation sites (N-methyl/N-ethyl adjacent to an activating group) is 1. The lowest BCUT2D eigenvalue weighted by Gasteiger charge is -2.46. The predicted molar refractivity (Wildman–Crippen MR) is 77.3 cm³/mol. The summed E-state index contributed by atoms with van der Waals surface area (Å²) in [5.74, 6) is -0.991. The standard InChI is InChI=1S/C14H19ClN2O2/c1-14(2)9-17(7-6-16(14)3)10-4-5-11(13(18)19)12(15)8-10/h4-5,8H,6-7,9H2,1-3H3,(H,18,19). The Balaban J connectivity index is 2.24. The second-order valence-electron chi connectivity index (χ2n) is 5.62. The fourth-order valence-corrected chi connectivity index (χ4v) is 2.59. The largest absolute Gasteiger partial charge is 0.478 e. The molecule has 0 unspecified atom stereocenters. The Kier molecular flexibility index (Phi) is 3.74. The molecule has 2 rings (SSSR count). The molecule has 1 aromatic carbocycles. The zero-order chi connectivity index (χ0) is 14.2. The lowest BCUT2D eigenvalue weighted by Crippen LogP contribution is -2.57. The van der Waals surface area contributed by atoms with Crippen molar-refractivity contribution in [3.05, 3.63) is 28.8 Å². The van der Waals surface area contributed by atoms with Crippen LogP contribution in [0.4, 0.5) is 5.69 Å². The summed E-state index contributed by atoms with van der Waals surface area (Å²) in [4.78, 5) is 15.5. The zero-order valence-corrected chi connectivity index (χ0v) is 12.2. The van der Waals surface area contributed by atoms with Crippen LogP contribution in [0.2, 0.25) is 5.02 Å². The van der Waals surface area contributed by atoms with Crippen LogP contribution in [0.1, 0.15) is 24.2 Å². The molecule has 19 heavy (non-hydrogen) atoms. The molecule has 0 amide bonds. The van der Waals surface area contributed by atoms with Crippen molar-refractivity contribution in [1.82, 2.24) is 4.90 Å². The Bertz CT molecular complexity index is 502. The van der Waals surface area contributed by atoms with E-state index in [9.17, 15) is 4.79 Å². The average Bonchev–Trinajstić information content (AvgIpc) is 2.32. The van der Waals surface area contributed by atoms with E-state index in [-0.39, 0.29) is 11.1 Å². The van der Waals surface area contributed by atoms with Gasteiger partial charge in [0.1, 0.15) is 0 Å². The molecule has 0 spiro atoms. The average molecular weight is 283 g/mol. The van der Waals surface area contributed by atoms with Crippen molar-refractivity contribution in [1.29, 1.82) is 0 Å². The van der Waals surface area contributed by atoms with Crippen LogP contribution in [-0.4, -0.2) is 48.2 Å². The highest BCUT2D eigenvalue weighted by molar-refractivity contribution is 6.33. The zero-order valence-electron chi connectivity index (χ0n) is 11.5. The van der Waals surface area contributed by atoms with E-state index in [4.69, 9.17) is 16.7 Å². The van der Waals surface area contributed by atoms with Crippen molar-refractivity contribution in [2.24, 2.45) is 0 Å². The van der Waals surface area contributed by atoms with Gasteiger partial charge in [-0.25, -0.2) is 4.79 Å². The Morgan fingerprint density at radius 3 is 2.58 bits per heavy atom. The van der Waals surface area contributed by atoms with Crippen LogP contribution in [0.3, 0.4) is 0 Å². The summed E-state index contributed by atoms with van der Waals surface area (Å²) in [6.07, 6.45) is 0. The van der Waals surface area contributed by atoms with Crippen molar-refractivity contribution >= 4 is 23.3 Å². The maximum absolute atomic E-state index is 11.0. The third-order valence-electron chi connectivity index (χ3n) is 3.86. The first-order valence-electron chi connectivity index (χ1n) is 6.30. The van der Waals surface area contributed by atoms with Gasteiger partial charge in [-0.1, -0.05) is 11.6 Å². The van der Waals surface area contributed by atoms with E-state index in [1.807, 2.05) is 6.07 Å². The molecule has 0 saturated carbocycles. The van der Waals surface area contributed by atoms with Gasteiger partial charge in [-0.15, -0.1) is 0 Å². The molecular weight excluding hydrogens is 264 g/mol. The SMILES string of the molecule is CN1CCN(c2ccc(C(=O)O)c(Cl)c2)CC1(C)C. The minimum Gasteiger partial charge on any atom is -0.478 e. The number of anilines is 1. The topological polar surface area (TPSA) is 43.8 Å². The molecule has 0 aromatic heterocycles. The Morgan fingerprint density at radius 2 is 2.05 bits per heavy atom. The Labute approximate surface area is 118 Å². The fraction of sp³-hybridized carbons (Fsp3) is 0.500. The van der Waals surface area contributed by atoms with Gasteiger partial charge in [-0.2, -0.15) is 0 Å². The molecule has 1 heterocycles. The molecule has 0 radical (unpaired) electrons. The first kappa shape index (κ1) is 14.2. The van der Waals surface area contributed by atoms with Crippen molar-refractivity contribution in [3.8, 4) is 0 Å². The van der Waals surface area contributed by atoms with Gasteiger partial charge >= 0.3 is 5.97 Å². The van der Waals surface area contributed by atoms with E-state index in [0.717, 1.165) is 25.3 Å². The second-order valence-corrected chi connectivity index (χ2v) is 6.03. The fourth-order valence-electron chi connectivity index (χ4n) is 2.33. The number of piperazine rings is 1. The van der Waals surface area contributed by atoms with Gasteiger partial charge in [0.15, 0.2) is 0 Å². The van der Waals surface area contributed by atoms with Crippen LogP contribution in [0.5, 0.6) is 0 Å². The molecule has 1 aromatic rings. The Morgan fingerprint density at radius 1 is 1.37 bits per heavy atom. The van der Waals surface area contributed by atoms with Crippen LogP contribution in [0, 0.1) is 0 Å². The van der Waals surface area contributed by atoms with Gasteiger partial charge in [0.25, 0.3) is 0 Å². The first-order chi connectivity index (χ1) is 8.81. The molecule has 5 heteroatoms. The minimum absolute atomic E-state index is 0.0934. The second kappa shape index (κ2) is 5.02. The van der Waals surface area contributed by atoms with Crippen LogP contribution >= 0.6 is 11.6 Å². The predicted octanol–water partition coefficient (Wildman–Crippen LogP) is 2.57. The Hall–Kier alpha value is -1.26. The van der Waals surface area contributed by atoms with E-state index < -0.39 is 5.97 Å². The molecule has 104 valence electrons. The van der Waals surface area contributed by atoms with E-state index in [2.05, 4.69) is 30.7 Å². The highest BCUT2D eigenvalue weighted by atomic mass is 35.5. The van der Waals surface area contributed by atoms with E-state index in [1.165, 1.54) is 0 Å². The molecule has 0 atom stereocenters. The summed E-state index contributed by atoms with van der Waals surface area (Å²) in [6.45, 7) is 7.19. The van der Waals surface area contributed by atoms with Crippen molar-refractivity contribution < 1.29 is 9.90 Å². The number of aromatic carboxylic acids is 1. The van der Waals surface area contributed by atoms with Gasteiger partial charge < -0.3 is 10.0 Å². The summed E-state index contributed by atoms with van der Waals surface area (Å²) in [5, 5.41) is 9.27. The number of hydrogen-bond acceptors (Lipinski definition) is 3. The first-order valence-corrected chi connectivity index (χ1v) is 6.68. The maximum atomic E-state index is 11.0. The molecule has 0 aliphatic carbocycles. The molecule has 0 bridgehead atoms. The molecule has 1 aliphatic heterocycles. The number of carboxylic acid groups (broad SMARTS) is 1. The van der Waals surface area contributed by atoms with Crippen LogP contribution in [0.25, 0.3) is 0 Å². The lowest BCUT2D eigenvalue weighted by atomic mass is 9.99. The van der Waals surface area contributed by atoms with Gasteiger partial charge in [-0.3, -0.25) is 4.90 Å². The number of carbonyl (C=O) groups is 1. The minimum atomic E-state index is -0.991. The summed E-state index contributed by atoms with van der Waals surface area (Å²) in [7, 11) is 2.12. The van der Waals surface area contributed by atoms with Gasteiger partial charge in [0, 0.05) is 30.9 Å². The number of carboxylic acids is 1. The maximum Gasteiger partial charge on any atom is 0.337 e. The highest BCUT2D eigenvalue weighted by Gasteiger charge is 2.31. The number of halogens is 1. The summed E-state index contributed by atoms with van der Waals surface area (Å²) in [5.41, 5.74) is 1.23. The molecule has 1 aliphatic rings. The summed E-state index contributed by atoms with van der Waals surface area (Å²) < 4.78 is 0. The lowest BCUT2D eigenvalue weighted by molar-refractivity contribution is 0.0697. The van der Waals surface area contributed by atoms with Crippen molar-refractivity contribution in [2.45, 2.75) is 19.4 Å². The van der Waals surface area contributed by atoms with E-state index >= 15 is 0 Å². The van der Waals surface area contributed by atoms with Gasteiger partial charge in [0.05, 0.1) is 10.6 Å². The normalized spacial score (nSPS) is 19.5. The highest BCUT2D eigenvalue weighted by Crippen LogP contribution is 2.28. The molecular formula is C14H19ClN2O2.